The highest BCUT2D eigenvalue weighted by Gasteiger charge is 2.26. The van der Waals surface area contributed by atoms with Gasteiger partial charge in [0.05, 0.1) is 0 Å². The summed E-state index contributed by atoms with van der Waals surface area (Å²) in [5.74, 6) is 0.527. The lowest BCUT2D eigenvalue weighted by molar-refractivity contribution is -0.137. The summed E-state index contributed by atoms with van der Waals surface area (Å²) in [6, 6.07) is 10.3. The van der Waals surface area contributed by atoms with Crippen molar-refractivity contribution < 1.29 is 4.79 Å². The Labute approximate surface area is 140 Å². The van der Waals surface area contributed by atoms with Gasteiger partial charge in [0.1, 0.15) is 0 Å². The lowest BCUT2D eigenvalue weighted by atomic mass is 9.96. The molecule has 1 aromatic rings. The summed E-state index contributed by atoms with van der Waals surface area (Å²) in [4.78, 5) is 17.4. The molecule has 0 aromatic heterocycles. The summed E-state index contributed by atoms with van der Waals surface area (Å²) in [6.45, 7) is 10.9. The fourth-order valence-electron chi connectivity index (χ4n) is 3.20. The largest absolute Gasteiger partial charge is 0.337 e. The number of hydrogen-bond donors (Lipinski definition) is 1. The van der Waals surface area contributed by atoms with Crippen molar-refractivity contribution in [1.82, 2.24) is 15.1 Å². The molecular formula is C19H31N3O. The van der Waals surface area contributed by atoms with E-state index in [0.717, 1.165) is 58.7 Å². The first kappa shape index (κ1) is 18.0. The molecule has 128 valence electrons. The number of rotatable bonds is 8. The minimum atomic E-state index is 0.191. The smallest absolute Gasteiger partial charge is 0.226 e. The molecule has 23 heavy (non-hydrogen) atoms. The molecule has 0 atom stereocenters. The monoisotopic (exact) mass is 317 g/mol. The van der Waals surface area contributed by atoms with Gasteiger partial charge in [0, 0.05) is 25.6 Å². The van der Waals surface area contributed by atoms with E-state index in [1.165, 1.54) is 5.56 Å². The van der Waals surface area contributed by atoms with Crippen LogP contribution in [0.3, 0.4) is 0 Å². The van der Waals surface area contributed by atoms with E-state index >= 15 is 0 Å². The van der Waals surface area contributed by atoms with Crippen LogP contribution >= 0.6 is 0 Å². The number of carbonyl (C=O) groups excluding carboxylic acids is 1. The molecule has 2 rings (SSSR count). The molecule has 1 aliphatic rings. The van der Waals surface area contributed by atoms with Crippen LogP contribution in [0.5, 0.6) is 0 Å². The number of amides is 1. The summed E-state index contributed by atoms with van der Waals surface area (Å²) >= 11 is 0. The van der Waals surface area contributed by atoms with Crippen molar-refractivity contribution in [3.63, 3.8) is 0 Å². The van der Waals surface area contributed by atoms with Gasteiger partial charge in [-0.2, -0.15) is 0 Å². The van der Waals surface area contributed by atoms with Crippen LogP contribution in [0.25, 0.3) is 0 Å². The molecule has 1 N–H and O–H groups in total. The van der Waals surface area contributed by atoms with E-state index in [9.17, 15) is 4.79 Å². The maximum absolute atomic E-state index is 13.0. The maximum Gasteiger partial charge on any atom is 0.226 e. The molecule has 1 fully saturated rings. The van der Waals surface area contributed by atoms with Crippen molar-refractivity contribution in [2.45, 2.75) is 33.2 Å². The van der Waals surface area contributed by atoms with Crippen molar-refractivity contribution in [2.24, 2.45) is 5.92 Å². The number of benzene rings is 1. The Morgan fingerprint density at radius 2 is 1.74 bits per heavy atom. The number of carbonyl (C=O) groups is 1. The molecule has 4 heteroatoms. The van der Waals surface area contributed by atoms with E-state index in [2.05, 4.69) is 41.1 Å². The van der Waals surface area contributed by atoms with Crippen molar-refractivity contribution in [1.29, 1.82) is 0 Å². The third-order valence-corrected chi connectivity index (χ3v) is 4.80. The van der Waals surface area contributed by atoms with Crippen molar-refractivity contribution >= 4 is 5.91 Å². The summed E-state index contributed by atoms with van der Waals surface area (Å²) in [6.07, 6.45) is 1.94. The zero-order valence-corrected chi connectivity index (χ0v) is 14.6. The van der Waals surface area contributed by atoms with E-state index in [-0.39, 0.29) is 5.92 Å². The Bertz CT molecular complexity index is 453. The number of likely N-dealkylation sites (N-methyl/N-ethyl adjacent to an activating group) is 1. The quantitative estimate of drug-likeness (QED) is 0.799. The van der Waals surface area contributed by atoms with Crippen LogP contribution in [-0.4, -0.2) is 55.0 Å². The second-order valence-corrected chi connectivity index (χ2v) is 6.30. The van der Waals surface area contributed by atoms with Gasteiger partial charge in [0.25, 0.3) is 0 Å². The SMILES string of the molecule is CCN(CC)CCN(Cc1ccccc1)C(=O)C1CCNCC1. The molecule has 1 amide bonds. The molecule has 1 aromatic carbocycles. The fraction of sp³-hybridized carbons (Fsp3) is 0.632. The number of piperidine rings is 1. The summed E-state index contributed by atoms with van der Waals surface area (Å²) in [5, 5.41) is 3.35. The van der Waals surface area contributed by atoms with Crippen LogP contribution in [0.4, 0.5) is 0 Å². The summed E-state index contributed by atoms with van der Waals surface area (Å²) < 4.78 is 0. The minimum Gasteiger partial charge on any atom is -0.337 e. The molecule has 1 heterocycles. The number of nitrogens with one attached hydrogen (secondary N) is 1. The van der Waals surface area contributed by atoms with E-state index in [1.807, 2.05) is 18.2 Å². The molecular weight excluding hydrogens is 286 g/mol. The van der Waals surface area contributed by atoms with Gasteiger partial charge in [-0.1, -0.05) is 44.2 Å². The first-order valence-corrected chi connectivity index (χ1v) is 9.00. The van der Waals surface area contributed by atoms with E-state index in [0.29, 0.717) is 5.91 Å². The van der Waals surface area contributed by atoms with Crippen molar-refractivity contribution in [3.8, 4) is 0 Å². The van der Waals surface area contributed by atoms with Gasteiger partial charge < -0.3 is 15.1 Å². The lowest BCUT2D eigenvalue weighted by Gasteiger charge is -2.31. The Balaban J connectivity index is 2.01. The number of hydrogen-bond acceptors (Lipinski definition) is 3. The van der Waals surface area contributed by atoms with Gasteiger partial charge in [-0.05, 0) is 44.6 Å². The molecule has 0 radical (unpaired) electrons. The van der Waals surface area contributed by atoms with E-state index < -0.39 is 0 Å². The van der Waals surface area contributed by atoms with Gasteiger partial charge in [-0.25, -0.2) is 0 Å². The second-order valence-electron chi connectivity index (χ2n) is 6.30. The molecule has 4 nitrogen and oxygen atoms in total. The van der Waals surface area contributed by atoms with Gasteiger partial charge in [-0.3, -0.25) is 4.79 Å². The normalized spacial score (nSPS) is 15.8. The lowest BCUT2D eigenvalue weighted by Crippen LogP contribution is -2.43. The van der Waals surface area contributed by atoms with Crippen molar-refractivity contribution in [2.75, 3.05) is 39.3 Å². The highest BCUT2D eigenvalue weighted by molar-refractivity contribution is 5.79. The van der Waals surface area contributed by atoms with Crippen LogP contribution in [0, 0.1) is 5.92 Å². The fourth-order valence-corrected chi connectivity index (χ4v) is 3.20. The van der Waals surface area contributed by atoms with Gasteiger partial charge >= 0.3 is 0 Å². The molecule has 0 bridgehead atoms. The summed E-state index contributed by atoms with van der Waals surface area (Å²) in [5.41, 5.74) is 1.22. The van der Waals surface area contributed by atoms with Crippen LogP contribution < -0.4 is 5.32 Å². The average Bonchev–Trinajstić information content (AvgIpc) is 2.62. The molecule has 1 saturated heterocycles. The zero-order chi connectivity index (χ0) is 16.5. The third-order valence-electron chi connectivity index (χ3n) is 4.80. The molecule has 0 spiro atoms. The van der Waals surface area contributed by atoms with Crippen molar-refractivity contribution in [3.05, 3.63) is 35.9 Å². The van der Waals surface area contributed by atoms with Gasteiger partial charge in [0.2, 0.25) is 5.91 Å². The van der Waals surface area contributed by atoms with Gasteiger partial charge in [0.15, 0.2) is 0 Å². The first-order valence-electron chi connectivity index (χ1n) is 9.00. The second kappa shape index (κ2) is 9.68. The Hall–Kier alpha value is -1.39. The average molecular weight is 317 g/mol. The standard InChI is InChI=1S/C19H31N3O/c1-3-21(4-2)14-15-22(16-17-8-6-5-7-9-17)19(23)18-10-12-20-13-11-18/h5-9,18,20H,3-4,10-16H2,1-2H3. The summed E-state index contributed by atoms with van der Waals surface area (Å²) in [7, 11) is 0. The van der Waals surface area contributed by atoms with Crippen LogP contribution in [0.2, 0.25) is 0 Å². The molecule has 1 aliphatic heterocycles. The first-order chi connectivity index (χ1) is 11.2. The number of nitrogens with zero attached hydrogens (tertiary/aromatic N) is 2. The molecule has 0 unspecified atom stereocenters. The predicted octanol–water partition coefficient (Wildman–Crippen LogP) is 2.36. The Morgan fingerprint density at radius 1 is 1.09 bits per heavy atom. The van der Waals surface area contributed by atoms with E-state index in [1.54, 1.807) is 0 Å². The van der Waals surface area contributed by atoms with Gasteiger partial charge in [-0.15, -0.1) is 0 Å². The predicted molar refractivity (Wildman–Crippen MR) is 95.2 cm³/mol. The third kappa shape index (κ3) is 5.63. The van der Waals surface area contributed by atoms with E-state index in [4.69, 9.17) is 0 Å². The zero-order valence-electron chi connectivity index (χ0n) is 14.6. The Kier molecular flexibility index (Phi) is 7.56. The van der Waals surface area contributed by atoms with Crippen LogP contribution in [0.15, 0.2) is 30.3 Å². The maximum atomic E-state index is 13.0. The minimum absolute atomic E-state index is 0.191. The van der Waals surface area contributed by atoms with Crippen LogP contribution in [0.1, 0.15) is 32.3 Å². The highest BCUT2D eigenvalue weighted by Crippen LogP contribution is 2.17. The molecule has 0 aliphatic carbocycles. The Morgan fingerprint density at radius 3 is 2.35 bits per heavy atom. The van der Waals surface area contributed by atoms with Crippen LogP contribution in [-0.2, 0) is 11.3 Å². The highest BCUT2D eigenvalue weighted by atomic mass is 16.2. The topological polar surface area (TPSA) is 35.6 Å². The molecule has 0 saturated carbocycles.